The molecule has 0 saturated heterocycles. The first-order valence-corrected chi connectivity index (χ1v) is 6.16. The number of aliphatic imine (C=N–C) groups is 1. The Bertz CT molecular complexity index is 470. The van der Waals surface area contributed by atoms with Crippen LogP contribution >= 0.6 is 0 Å². The molecule has 6 nitrogen and oxygen atoms in total. The van der Waals surface area contributed by atoms with Gasteiger partial charge in [0.2, 0.25) is 0 Å². The highest BCUT2D eigenvalue weighted by atomic mass is 16.3. The van der Waals surface area contributed by atoms with E-state index in [1.54, 1.807) is 31.0 Å². The topological polar surface area (TPSA) is 74.5 Å². The fourth-order valence-corrected chi connectivity index (χ4v) is 1.50. The molecule has 0 amide bonds. The number of aromatic nitrogens is 2. The lowest BCUT2D eigenvalue weighted by molar-refractivity contribution is 0.0672. The maximum atomic E-state index is 10.4. The van der Waals surface area contributed by atoms with Crippen molar-refractivity contribution in [2.75, 3.05) is 19.6 Å². The summed E-state index contributed by atoms with van der Waals surface area (Å²) < 4.78 is 1.65. The standard InChI is InChI=1S/C13H21N5O/c1-5-7-15-12(14-6-2)16-10-13(3,19)11-8-17-18(4)9-11/h1,8-9,19H,6-7,10H2,2-4H3,(H2,14,15,16). The van der Waals surface area contributed by atoms with Crippen molar-refractivity contribution in [3.63, 3.8) is 0 Å². The Kier molecular flexibility index (Phi) is 5.39. The van der Waals surface area contributed by atoms with Crippen LogP contribution in [0, 0.1) is 12.3 Å². The van der Waals surface area contributed by atoms with Gasteiger partial charge >= 0.3 is 0 Å². The van der Waals surface area contributed by atoms with Crippen LogP contribution in [0.3, 0.4) is 0 Å². The van der Waals surface area contributed by atoms with Gasteiger partial charge in [0.15, 0.2) is 5.96 Å². The monoisotopic (exact) mass is 263 g/mol. The number of aliphatic hydroxyl groups is 1. The highest BCUT2D eigenvalue weighted by Gasteiger charge is 2.24. The first-order chi connectivity index (χ1) is 8.99. The van der Waals surface area contributed by atoms with Crippen LogP contribution < -0.4 is 10.6 Å². The molecule has 1 heterocycles. The van der Waals surface area contributed by atoms with Gasteiger partial charge in [-0.2, -0.15) is 5.10 Å². The van der Waals surface area contributed by atoms with Crippen LogP contribution in [-0.4, -0.2) is 40.5 Å². The molecular weight excluding hydrogens is 242 g/mol. The minimum absolute atomic E-state index is 0.221. The van der Waals surface area contributed by atoms with E-state index in [1.165, 1.54) is 0 Å². The van der Waals surface area contributed by atoms with E-state index in [9.17, 15) is 5.11 Å². The smallest absolute Gasteiger partial charge is 0.192 e. The molecule has 1 rings (SSSR count). The van der Waals surface area contributed by atoms with E-state index in [4.69, 9.17) is 6.42 Å². The van der Waals surface area contributed by atoms with E-state index in [-0.39, 0.29) is 6.54 Å². The number of nitrogens with zero attached hydrogens (tertiary/aromatic N) is 3. The third-order valence-corrected chi connectivity index (χ3v) is 2.57. The van der Waals surface area contributed by atoms with Gasteiger partial charge in [0.05, 0.1) is 19.3 Å². The van der Waals surface area contributed by atoms with Crippen LogP contribution in [0.25, 0.3) is 0 Å². The molecule has 104 valence electrons. The van der Waals surface area contributed by atoms with Gasteiger partial charge < -0.3 is 15.7 Å². The first kappa shape index (κ1) is 15.1. The number of rotatable bonds is 5. The Morgan fingerprint density at radius 3 is 2.89 bits per heavy atom. The summed E-state index contributed by atoms with van der Waals surface area (Å²) in [5.74, 6) is 3.07. The second-order valence-electron chi connectivity index (χ2n) is 4.43. The van der Waals surface area contributed by atoms with Gasteiger partial charge in [-0.05, 0) is 13.8 Å². The minimum atomic E-state index is -1.06. The average molecular weight is 263 g/mol. The fraction of sp³-hybridized carbons (Fsp3) is 0.538. The molecule has 19 heavy (non-hydrogen) atoms. The number of hydrogen-bond acceptors (Lipinski definition) is 3. The third kappa shape index (κ3) is 4.64. The zero-order valence-corrected chi connectivity index (χ0v) is 11.6. The largest absolute Gasteiger partial charge is 0.383 e. The van der Waals surface area contributed by atoms with Gasteiger partial charge in [0.1, 0.15) is 5.60 Å². The van der Waals surface area contributed by atoms with E-state index in [0.717, 1.165) is 12.1 Å². The molecule has 0 aliphatic rings. The van der Waals surface area contributed by atoms with Crippen molar-refractivity contribution in [3.8, 4) is 12.3 Å². The molecule has 1 aromatic rings. The Labute approximate surface area is 113 Å². The normalized spacial score (nSPS) is 14.6. The summed E-state index contributed by atoms with van der Waals surface area (Å²) >= 11 is 0. The number of aryl methyl sites for hydroxylation is 1. The van der Waals surface area contributed by atoms with Crippen LogP contribution in [0.15, 0.2) is 17.4 Å². The summed E-state index contributed by atoms with van der Waals surface area (Å²) in [5, 5.41) is 20.5. The molecule has 0 aliphatic heterocycles. The predicted molar refractivity (Wildman–Crippen MR) is 75.6 cm³/mol. The molecule has 1 unspecified atom stereocenters. The second kappa shape index (κ2) is 6.81. The van der Waals surface area contributed by atoms with Crippen LogP contribution in [-0.2, 0) is 12.6 Å². The van der Waals surface area contributed by atoms with E-state index < -0.39 is 5.60 Å². The van der Waals surface area contributed by atoms with Crippen LogP contribution in [0.2, 0.25) is 0 Å². The minimum Gasteiger partial charge on any atom is -0.383 e. The molecule has 3 N–H and O–H groups in total. The lowest BCUT2D eigenvalue weighted by atomic mass is 10.0. The molecule has 0 saturated carbocycles. The van der Waals surface area contributed by atoms with Crippen molar-refractivity contribution >= 4 is 5.96 Å². The lowest BCUT2D eigenvalue weighted by Crippen LogP contribution is -2.39. The number of terminal acetylenes is 1. The summed E-state index contributed by atoms with van der Waals surface area (Å²) in [6.07, 6.45) is 8.60. The second-order valence-corrected chi connectivity index (χ2v) is 4.43. The van der Waals surface area contributed by atoms with Crippen LogP contribution in [0.1, 0.15) is 19.4 Å². The van der Waals surface area contributed by atoms with Crippen molar-refractivity contribution < 1.29 is 5.11 Å². The SMILES string of the molecule is C#CCNC(=NCC(C)(O)c1cnn(C)c1)NCC. The number of nitrogens with one attached hydrogen (secondary N) is 2. The van der Waals surface area contributed by atoms with Gasteiger partial charge in [-0.25, -0.2) is 4.99 Å². The lowest BCUT2D eigenvalue weighted by Gasteiger charge is -2.20. The van der Waals surface area contributed by atoms with Gasteiger partial charge in [-0.3, -0.25) is 4.68 Å². The Morgan fingerprint density at radius 2 is 2.37 bits per heavy atom. The maximum absolute atomic E-state index is 10.4. The predicted octanol–water partition coefficient (Wildman–Crippen LogP) is -0.184. The molecule has 1 atom stereocenters. The quantitative estimate of drug-likeness (QED) is 0.391. The molecule has 1 aromatic heterocycles. The highest BCUT2D eigenvalue weighted by Crippen LogP contribution is 2.19. The fourth-order valence-electron chi connectivity index (χ4n) is 1.50. The zero-order valence-electron chi connectivity index (χ0n) is 11.6. The van der Waals surface area contributed by atoms with Crippen molar-refractivity contribution in [2.24, 2.45) is 12.0 Å². The summed E-state index contributed by atoms with van der Waals surface area (Å²) in [6, 6.07) is 0. The van der Waals surface area contributed by atoms with E-state index in [1.807, 2.05) is 6.92 Å². The molecule has 0 aromatic carbocycles. The molecule has 0 bridgehead atoms. The first-order valence-electron chi connectivity index (χ1n) is 6.16. The Morgan fingerprint density at radius 1 is 1.63 bits per heavy atom. The Balaban J connectivity index is 2.72. The molecule has 0 radical (unpaired) electrons. The summed E-state index contributed by atoms with van der Waals surface area (Å²) in [6.45, 7) is 5.01. The average Bonchev–Trinajstić information content (AvgIpc) is 2.80. The van der Waals surface area contributed by atoms with E-state index >= 15 is 0 Å². The molecular formula is C13H21N5O. The zero-order chi connectivity index (χ0) is 14.3. The summed E-state index contributed by atoms with van der Waals surface area (Å²) in [7, 11) is 1.81. The van der Waals surface area contributed by atoms with E-state index in [2.05, 4.69) is 26.6 Å². The van der Waals surface area contributed by atoms with Crippen LogP contribution in [0.4, 0.5) is 0 Å². The van der Waals surface area contributed by atoms with Crippen LogP contribution in [0.5, 0.6) is 0 Å². The number of hydrogen-bond donors (Lipinski definition) is 3. The molecule has 6 heteroatoms. The molecule has 0 spiro atoms. The van der Waals surface area contributed by atoms with Crippen molar-refractivity contribution in [1.82, 2.24) is 20.4 Å². The molecule has 0 aliphatic carbocycles. The maximum Gasteiger partial charge on any atom is 0.192 e. The highest BCUT2D eigenvalue weighted by molar-refractivity contribution is 5.80. The summed E-state index contributed by atoms with van der Waals surface area (Å²) in [5.41, 5.74) is -0.334. The number of guanidine groups is 1. The van der Waals surface area contributed by atoms with E-state index in [0.29, 0.717) is 12.5 Å². The van der Waals surface area contributed by atoms with Crippen molar-refractivity contribution in [3.05, 3.63) is 18.0 Å². The molecule has 0 fully saturated rings. The van der Waals surface area contributed by atoms with Gasteiger partial charge in [0.25, 0.3) is 0 Å². The third-order valence-electron chi connectivity index (χ3n) is 2.57. The van der Waals surface area contributed by atoms with Gasteiger partial charge in [-0.1, -0.05) is 5.92 Å². The van der Waals surface area contributed by atoms with Gasteiger partial charge in [-0.15, -0.1) is 6.42 Å². The van der Waals surface area contributed by atoms with Crippen molar-refractivity contribution in [2.45, 2.75) is 19.4 Å². The summed E-state index contributed by atoms with van der Waals surface area (Å²) in [4.78, 5) is 4.32. The Hall–Kier alpha value is -2.00. The van der Waals surface area contributed by atoms with Crippen molar-refractivity contribution in [1.29, 1.82) is 0 Å². The van der Waals surface area contributed by atoms with Gasteiger partial charge in [0, 0.05) is 25.4 Å².